The molecule has 0 saturated carbocycles. The van der Waals surface area contributed by atoms with Crippen molar-refractivity contribution in [1.82, 2.24) is 14.9 Å². The molecule has 2 aromatic heterocycles. The molecule has 4 aromatic rings. The van der Waals surface area contributed by atoms with Gasteiger partial charge in [0.25, 0.3) is 0 Å². The van der Waals surface area contributed by atoms with E-state index in [0.29, 0.717) is 10.8 Å². The molecule has 32 heavy (non-hydrogen) atoms. The Bertz CT molecular complexity index is 1270. The topological polar surface area (TPSA) is 33.1 Å². The highest BCUT2D eigenvalue weighted by molar-refractivity contribution is 7.80. The SMILES string of the molecule is Cc1cc([C@H]2[C@@H](c3ccccn3)NC(=S)N2c2ccccc2F)c(C)n1-c1ccccc1. The van der Waals surface area contributed by atoms with Gasteiger partial charge in [0.15, 0.2) is 5.11 Å². The molecule has 4 nitrogen and oxygen atoms in total. The van der Waals surface area contributed by atoms with Crippen LogP contribution in [0.15, 0.2) is 85.1 Å². The number of hydrogen-bond donors (Lipinski definition) is 1. The Morgan fingerprint density at radius 2 is 1.66 bits per heavy atom. The second-order valence-corrected chi connectivity index (χ2v) is 8.33. The van der Waals surface area contributed by atoms with Gasteiger partial charge in [-0.15, -0.1) is 0 Å². The zero-order valence-corrected chi connectivity index (χ0v) is 18.7. The lowest BCUT2D eigenvalue weighted by Gasteiger charge is -2.28. The van der Waals surface area contributed by atoms with Crippen molar-refractivity contribution in [2.75, 3.05) is 4.90 Å². The van der Waals surface area contributed by atoms with Crippen molar-refractivity contribution in [2.45, 2.75) is 25.9 Å². The fourth-order valence-corrected chi connectivity index (χ4v) is 4.98. The lowest BCUT2D eigenvalue weighted by Crippen LogP contribution is -2.30. The number of aromatic nitrogens is 2. The van der Waals surface area contributed by atoms with Crippen LogP contribution in [0.2, 0.25) is 0 Å². The van der Waals surface area contributed by atoms with E-state index in [1.165, 1.54) is 6.07 Å². The van der Waals surface area contributed by atoms with Gasteiger partial charge < -0.3 is 14.8 Å². The monoisotopic (exact) mass is 442 g/mol. The predicted octanol–water partition coefficient (Wildman–Crippen LogP) is 5.81. The summed E-state index contributed by atoms with van der Waals surface area (Å²) in [6, 6.07) is 24.6. The Labute approximate surface area is 192 Å². The maximum Gasteiger partial charge on any atom is 0.174 e. The third kappa shape index (κ3) is 3.37. The molecule has 0 spiro atoms. The average molecular weight is 443 g/mol. The van der Waals surface area contributed by atoms with Gasteiger partial charge in [0.2, 0.25) is 0 Å². The van der Waals surface area contributed by atoms with E-state index in [4.69, 9.17) is 12.2 Å². The van der Waals surface area contributed by atoms with Crippen molar-refractivity contribution in [3.8, 4) is 5.69 Å². The second-order valence-electron chi connectivity index (χ2n) is 7.95. The molecular formula is C26H23FN4S. The molecule has 1 saturated heterocycles. The van der Waals surface area contributed by atoms with Gasteiger partial charge in [-0.05, 0) is 74.1 Å². The van der Waals surface area contributed by atoms with Crippen LogP contribution in [0, 0.1) is 19.7 Å². The Morgan fingerprint density at radius 1 is 0.938 bits per heavy atom. The number of thiocarbonyl (C=S) groups is 1. The van der Waals surface area contributed by atoms with Gasteiger partial charge in [-0.3, -0.25) is 4.98 Å². The first-order chi connectivity index (χ1) is 15.6. The van der Waals surface area contributed by atoms with Gasteiger partial charge in [0.05, 0.1) is 23.5 Å². The number of hydrogen-bond acceptors (Lipinski definition) is 2. The van der Waals surface area contributed by atoms with Crippen molar-refractivity contribution in [3.63, 3.8) is 0 Å². The first-order valence-electron chi connectivity index (χ1n) is 10.6. The van der Waals surface area contributed by atoms with E-state index in [-0.39, 0.29) is 17.9 Å². The lowest BCUT2D eigenvalue weighted by molar-refractivity contribution is 0.556. The molecule has 5 rings (SSSR count). The quantitative estimate of drug-likeness (QED) is 0.405. The Morgan fingerprint density at radius 3 is 2.38 bits per heavy atom. The highest BCUT2D eigenvalue weighted by Crippen LogP contribution is 2.44. The van der Waals surface area contributed by atoms with Crippen molar-refractivity contribution in [2.24, 2.45) is 0 Å². The van der Waals surface area contributed by atoms with Crippen molar-refractivity contribution < 1.29 is 4.39 Å². The molecule has 0 radical (unpaired) electrons. The molecule has 160 valence electrons. The minimum absolute atomic E-state index is 0.215. The van der Waals surface area contributed by atoms with Gasteiger partial charge in [-0.1, -0.05) is 36.4 Å². The molecule has 0 amide bonds. The number of nitrogens with one attached hydrogen (secondary N) is 1. The van der Waals surface area contributed by atoms with Crippen LogP contribution in [0.1, 0.15) is 34.7 Å². The zero-order chi connectivity index (χ0) is 22.2. The number of aryl methyl sites for hydroxylation is 1. The summed E-state index contributed by atoms with van der Waals surface area (Å²) in [5.74, 6) is -0.305. The van der Waals surface area contributed by atoms with E-state index >= 15 is 0 Å². The highest BCUT2D eigenvalue weighted by atomic mass is 32.1. The molecule has 0 aliphatic carbocycles. The normalized spacial score (nSPS) is 18.1. The van der Waals surface area contributed by atoms with Crippen LogP contribution in [-0.2, 0) is 0 Å². The molecular weight excluding hydrogens is 419 g/mol. The molecule has 2 aromatic carbocycles. The van der Waals surface area contributed by atoms with Crippen molar-refractivity contribution in [3.05, 3.63) is 114 Å². The van der Waals surface area contributed by atoms with Crippen LogP contribution in [0.25, 0.3) is 5.69 Å². The van der Waals surface area contributed by atoms with Crippen LogP contribution in [0.5, 0.6) is 0 Å². The fraction of sp³-hybridized carbons (Fsp3) is 0.154. The van der Waals surface area contributed by atoms with E-state index in [1.807, 2.05) is 47.4 Å². The number of anilines is 1. The molecule has 1 aliphatic heterocycles. The number of para-hydroxylation sites is 2. The summed E-state index contributed by atoms with van der Waals surface area (Å²) < 4.78 is 17.2. The summed E-state index contributed by atoms with van der Waals surface area (Å²) in [6.07, 6.45) is 1.77. The first-order valence-corrected chi connectivity index (χ1v) is 11.0. The molecule has 2 atom stereocenters. The third-order valence-corrected chi connectivity index (χ3v) is 6.33. The standard InChI is InChI=1S/C26H23FN4S/c1-17-16-20(18(2)30(17)19-10-4-3-5-11-19)25-24(22-13-8-9-15-28-22)29-26(32)31(25)23-14-7-6-12-21(23)27/h3-16,24-25H,1-2H3,(H,29,32)/t24-,25+/m1/s1. The van der Waals surface area contributed by atoms with E-state index < -0.39 is 0 Å². The largest absolute Gasteiger partial charge is 0.351 e. The minimum atomic E-state index is -0.305. The number of benzene rings is 2. The van der Waals surface area contributed by atoms with Crippen LogP contribution < -0.4 is 10.2 Å². The predicted molar refractivity (Wildman–Crippen MR) is 130 cm³/mol. The maximum atomic E-state index is 14.9. The molecule has 3 heterocycles. The highest BCUT2D eigenvalue weighted by Gasteiger charge is 2.43. The third-order valence-electron chi connectivity index (χ3n) is 6.01. The molecule has 0 unspecified atom stereocenters. The van der Waals surface area contributed by atoms with E-state index in [1.54, 1.807) is 18.3 Å². The molecule has 1 N–H and O–H groups in total. The summed E-state index contributed by atoms with van der Waals surface area (Å²) in [6.45, 7) is 4.19. The summed E-state index contributed by atoms with van der Waals surface area (Å²) in [5.41, 5.74) is 5.69. The smallest absolute Gasteiger partial charge is 0.174 e. The van der Waals surface area contributed by atoms with Gasteiger partial charge in [0, 0.05) is 23.3 Å². The van der Waals surface area contributed by atoms with E-state index in [0.717, 1.165) is 28.3 Å². The molecule has 0 bridgehead atoms. The van der Waals surface area contributed by atoms with E-state index in [9.17, 15) is 4.39 Å². The zero-order valence-electron chi connectivity index (χ0n) is 17.9. The van der Waals surface area contributed by atoms with Gasteiger partial charge in [0.1, 0.15) is 5.82 Å². The minimum Gasteiger partial charge on any atom is -0.351 e. The molecule has 1 aliphatic rings. The Hall–Kier alpha value is -3.51. The second kappa shape index (κ2) is 8.20. The van der Waals surface area contributed by atoms with Crippen LogP contribution in [0.4, 0.5) is 10.1 Å². The average Bonchev–Trinajstić information content (AvgIpc) is 3.30. The van der Waals surface area contributed by atoms with Gasteiger partial charge >= 0.3 is 0 Å². The number of pyridine rings is 1. The van der Waals surface area contributed by atoms with Gasteiger partial charge in [-0.2, -0.15) is 0 Å². The summed E-state index contributed by atoms with van der Waals surface area (Å²) in [5, 5.41) is 3.90. The van der Waals surface area contributed by atoms with Crippen LogP contribution in [-0.4, -0.2) is 14.7 Å². The van der Waals surface area contributed by atoms with Gasteiger partial charge in [-0.25, -0.2) is 4.39 Å². The number of nitrogens with zero attached hydrogens (tertiary/aromatic N) is 3. The fourth-order valence-electron chi connectivity index (χ4n) is 4.64. The summed E-state index contributed by atoms with van der Waals surface area (Å²) >= 11 is 5.73. The first kappa shape index (κ1) is 20.4. The maximum absolute atomic E-state index is 14.9. The van der Waals surface area contributed by atoms with Crippen molar-refractivity contribution in [1.29, 1.82) is 0 Å². The molecule has 1 fully saturated rings. The van der Waals surface area contributed by atoms with Crippen molar-refractivity contribution >= 4 is 23.0 Å². The Kier molecular flexibility index (Phi) is 5.23. The lowest BCUT2D eigenvalue weighted by atomic mass is 9.96. The summed E-state index contributed by atoms with van der Waals surface area (Å²) in [7, 11) is 0. The van der Waals surface area contributed by atoms with Crippen LogP contribution >= 0.6 is 12.2 Å². The Balaban J connectivity index is 1.70. The summed E-state index contributed by atoms with van der Waals surface area (Å²) in [4.78, 5) is 6.48. The molecule has 6 heteroatoms. The van der Waals surface area contributed by atoms with Crippen LogP contribution in [0.3, 0.4) is 0 Å². The van der Waals surface area contributed by atoms with E-state index in [2.05, 4.69) is 46.9 Å². The number of rotatable bonds is 4. The number of halogens is 1.